The molecule has 0 aromatic heterocycles. The third-order valence-corrected chi connectivity index (χ3v) is 1.37. The Hall–Kier alpha value is -0.390. The van der Waals surface area contributed by atoms with Gasteiger partial charge < -0.3 is 5.73 Å². The summed E-state index contributed by atoms with van der Waals surface area (Å²) in [5, 5.41) is 0.133. The summed E-state index contributed by atoms with van der Waals surface area (Å²) in [6.45, 7) is 3.92. The predicted octanol–water partition coefficient (Wildman–Crippen LogP) is 0.754. The number of nitrogens with zero attached hydrogens (tertiary/aromatic N) is 1. The van der Waals surface area contributed by atoms with E-state index < -0.39 is 0 Å². The Morgan fingerprint density at radius 3 is 2.67 bits per heavy atom. The molecule has 4 nitrogen and oxygen atoms in total. The molecule has 0 radical (unpaired) electrons. The summed E-state index contributed by atoms with van der Waals surface area (Å²) in [5.74, 6) is 0.697. The fourth-order valence-corrected chi connectivity index (χ4v) is 0.978. The third-order valence-electron chi connectivity index (χ3n) is 1.28. The van der Waals surface area contributed by atoms with Crippen molar-refractivity contribution in [2.75, 3.05) is 0 Å². The Balaban J connectivity index is 0.00000121. The Bertz CT molecular complexity index is 217. The topological polar surface area (TPSA) is 59.6 Å². The van der Waals surface area contributed by atoms with Crippen molar-refractivity contribution < 1.29 is 4.84 Å². The summed E-state index contributed by atoms with van der Waals surface area (Å²) in [7, 11) is 0. The van der Waals surface area contributed by atoms with Crippen molar-refractivity contribution in [2.24, 2.45) is 10.7 Å². The molecule has 3 N–H and O–H groups in total. The highest BCUT2D eigenvalue weighted by Crippen LogP contribution is 2.18. The highest BCUT2D eigenvalue weighted by atomic mass is 35.5. The largest absolute Gasteiger partial charge is 0.374 e. The van der Waals surface area contributed by atoms with Crippen LogP contribution in [0.5, 0.6) is 0 Å². The molecule has 1 fully saturated rings. The van der Waals surface area contributed by atoms with E-state index in [0.717, 1.165) is 0 Å². The fourth-order valence-electron chi connectivity index (χ4n) is 0.868. The van der Waals surface area contributed by atoms with Crippen LogP contribution in [0.3, 0.4) is 0 Å². The number of thiocarbonyl (C=S) groups is 1. The van der Waals surface area contributed by atoms with Crippen LogP contribution in [0.4, 0.5) is 0 Å². The number of hydrogen-bond acceptors (Lipinski definition) is 2. The molecule has 0 unspecified atom stereocenters. The average Bonchev–Trinajstić information content (AvgIpc) is 2.08. The lowest BCUT2D eigenvalue weighted by atomic mass is 10.1. The lowest BCUT2D eigenvalue weighted by Gasteiger charge is -2.11. The van der Waals surface area contributed by atoms with Crippen molar-refractivity contribution in [3.05, 3.63) is 0 Å². The van der Waals surface area contributed by atoms with Gasteiger partial charge in [0.05, 0.1) is 5.60 Å². The molecule has 0 saturated carbocycles. The number of rotatable bonds is 0. The number of nitrogens with one attached hydrogen (secondary N) is 1. The molecule has 0 aromatic carbocycles. The van der Waals surface area contributed by atoms with E-state index in [-0.39, 0.29) is 23.1 Å². The van der Waals surface area contributed by atoms with E-state index in [1.54, 1.807) is 0 Å². The van der Waals surface area contributed by atoms with Crippen molar-refractivity contribution in [2.45, 2.75) is 25.9 Å². The molecule has 0 atom stereocenters. The zero-order valence-electron chi connectivity index (χ0n) is 6.96. The van der Waals surface area contributed by atoms with Crippen molar-refractivity contribution in [3.63, 3.8) is 0 Å². The lowest BCUT2D eigenvalue weighted by molar-refractivity contribution is -0.0200. The Labute approximate surface area is 82.9 Å². The maximum atomic E-state index is 5.21. The second-order valence-electron chi connectivity index (χ2n) is 3.04. The molecule has 12 heavy (non-hydrogen) atoms. The first kappa shape index (κ1) is 11.6. The minimum Gasteiger partial charge on any atom is -0.374 e. The van der Waals surface area contributed by atoms with Crippen molar-refractivity contribution >= 4 is 35.6 Å². The minimum absolute atomic E-state index is 0. The second kappa shape index (κ2) is 4.02. The van der Waals surface area contributed by atoms with Gasteiger partial charge in [-0.05, 0) is 26.1 Å². The number of halogens is 1. The van der Waals surface area contributed by atoms with Crippen molar-refractivity contribution in [3.8, 4) is 0 Å². The Kier molecular flexibility index (Phi) is 3.89. The number of amidine groups is 1. The normalized spacial score (nSPS) is 23.0. The van der Waals surface area contributed by atoms with Gasteiger partial charge in [-0.2, -0.15) is 0 Å². The predicted molar refractivity (Wildman–Crippen MR) is 54.4 cm³/mol. The first-order valence-electron chi connectivity index (χ1n) is 3.31. The monoisotopic (exact) mass is 209 g/mol. The Morgan fingerprint density at radius 1 is 1.75 bits per heavy atom. The van der Waals surface area contributed by atoms with Gasteiger partial charge in [-0.3, -0.25) is 10.3 Å². The van der Waals surface area contributed by atoms with Crippen LogP contribution >= 0.6 is 24.6 Å². The number of aliphatic imine (C=N–C) groups is 1. The van der Waals surface area contributed by atoms with Crippen molar-refractivity contribution in [1.29, 1.82) is 0 Å². The van der Waals surface area contributed by atoms with Gasteiger partial charge >= 0.3 is 0 Å². The van der Waals surface area contributed by atoms with Crippen LogP contribution in [-0.2, 0) is 4.84 Å². The molecule has 1 saturated heterocycles. The first-order valence-corrected chi connectivity index (χ1v) is 3.71. The highest BCUT2D eigenvalue weighted by Gasteiger charge is 2.29. The van der Waals surface area contributed by atoms with Gasteiger partial charge in [0, 0.05) is 6.42 Å². The van der Waals surface area contributed by atoms with E-state index in [4.69, 9.17) is 10.6 Å². The molecule has 1 aliphatic rings. The van der Waals surface area contributed by atoms with E-state index in [1.165, 1.54) is 0 Å². The van der Waals surface area contributed by atoms with Crippen LogP contribution in [0, 0.1) is 0 Å². The molecule has 0 amide bonds. The van der Waals surface area contributed by atoms with Gasteiger partial charge in [0.2, 0.25) is 0 Å². The minimum atomic E-state index is -0.205. The van der Waals surface area contributed by atoms with E-state index in [9.17, 15) is 0 Å². The molecule has 0 spiro atoms. The van der Waals surface area contributed by atoms with Gasteiger partial charge in [0.25, 0.3) is 0 Å². The number of hydroxylamine groups is 1. The van der Waals surface area contributed by atoms with Crippen LogP contribution in [0.1, 0.15) is 20.3 Å². The van der Waals surface area contributed by atoms with Crippen LogP contribution in [0.15, 0.2) is 4.99 Å². The maximum Gasteiger partial charge on any atom is 0.191 e. The van der Waals surface area contributed by atoms with Crippen molar-refractivity contribution in [1.82, 2.24) is 5.48 Å². The first-order chi connectivity index (χ1) is 4.99. The summed E-state index contributed by atoms with van der Waals surface area (Å²) >= 11 is 4.60. The third kappa shape index (κ3) is 3.34. The molecule has 1 aliphatic heterocycles. The molecule has 0 aliphatic carbocycles. The molecule has 0 aromatic rings. The van der Waals surface area contributed by atoms with Gasteiger partial charge in [0.1, 0.15) is 5.84 Å². The summed E-state index contributed by atoms with van der Waals surface area (Å²) in [4.78, 5) is 9.02. The van der Waals surface area contributed by atoms with Gasteiger partial charge in [-0.25, -0.2) is 4.99 Å². The molecular weight excluding hydrogens is 198 g/mol. The quantitative estimate of drug-likeness (QED) is 0.579. The van der Waals surface area contributed by atoms with E-state index in [0.29, 0.717) is 12.3 Å². The summed E-state index contributed by atoms with van der Waals surface area (Å²) < 4.78 is 0. The van der Waals surface area contributed by atoms with E-state index in [1.807, 2.05) is 13.8 Å². The fraction of sp³-hybridized carbons (Fsp3) is 0.667. The molecule has 0 bridgehead atoms. The highest BCUT2D eigenvalue weighted by molar-refractivity contribution is 7.80. The molecule has 1 rings (SSSR count). The Morgan fingerprint density at radius 2 is 2.33 bits per heavy atom. The zero-order valence-corrected chi connectivity index (χ0v) is 8.59. The van der Waals surface area contributed by atoms with Gasteiger partial charge in [-0.15, -0.1) is 12.4 Å². The SMILES string of the molecule is CC1(C)C/C(=N\C(N)=S)NO1.Cl. The maximum absolute atomic E-state index is 5.21. The smallest absolute Gasteiger partial charge is 0.191 e. The summed E-state index contributed by atoms with van der Waals surface area (Å²) in [5.41, 5.74) is 7.67. The van der Waals surface area contributed by atoms with Crippen LogP contribution in [-0.4, -0.2) is 16.5 Å². The molecule has 1 heterocycles. The lowest BCUT2D eigenvalue weighted by Crippen LogP contribution is -2.19. The van der Waals surface area contributed by atoms with E-state index >= 15 is 0 Å². The number of hydrogen-bond donors (Lipinski definition) is 2. The zero-order chi connectivity index (χ0) is 8.48. The van der Waals surface area contributed by atoms with Crippen LogP contribution in [0.25, 0.3) is 0 Å². The van der Waals surface area contributed by atoms with Gasteiger partial charge in [0.15, 0.2) is 5.11 Å². The molecule has 70 valence electrons. The number of nitrogens with two attached hydrogens (primary N) is 1. The van der Waals surface area contributed by atoms with Crippen LogP contribution < -0.4 is 11.2 Å². The summed E-state index contributed by atoms with van der Waals surface area (Å²) in [6.07, 6.45) is 0.713. The van der Waals surface area contributed by atoms with Gasteiger partial charge in [-0.1, -0.05) is 0 Å². The molecule has 6 heteroatoms. The standard InChI is InChI=1S/C6H11N3OS.ClH/c1-6(2)3-4(9-10-6)8-5(7)11;/h3H2,1-2H3,(H3,7,8,9,11);1H. The molecular formula is C6H12ClN3OS. The van der Waals surface area contributed by atoms with E-state index in [2.05, 4.69) is 22.7 Å². The van der Waals surface area contributed by atoms with Crippen LogP contribution in [0.2, 0.25) is 0 Å². The average molecular weight is 210 g/mol. The summed E-state index contributed by atoms with van der Waals surface area (Å²) in [6, 6.07) is 0. The second-order valence-corrected chi connectivity index (χ2v) is 3.46.